The summed E-state index contributed by atoms with van der Waals surface area (Å²) in [7, 11) is -3.74. The van der Waals surface area contributed by atoms with Gasteiger partial charge in [-0.05, 0) is 55.5 Å². The summed E-state index contributed by atoms with van der Waals surface area (Å²) in [5.74, 6) is 2.11. The highest BCUT2D eigenvalue weighted by molar-refractivity contribution is 7.89. The minimum absolute atomic E-state index is 0.0843. The molecule has 0 aliphatic carbocycles. The van der Waals surface area contributed by atoms with Crippen LogP contribution in [0.15, 0.2) is 52.4 Å². The number of aliphatic imine (C=N–C) groups is 1. The van der Waals surface area contributed by atoms with Crippen LogP contribution in [0.3, 0.4) is 0 Å². The van der Waals surface area contributed by atoms with Crippen LogP contribution in [0.2, 0.25) is 0 Å². The molecular formula is C23H34N4O3S. The number of aryl methyl sites for hydroxylation is 1. The van der Waals surface area contributed by atoms with E-state index in [-0.39, 0.29) is 4.90 Å². The summed E-state index contributed by atoms with van der Waals surface area (Å²) in [6.45, 7) is 10.7. The van der Waals surface area contributed by atoms with E-state index in [1.807, 2.05) is 19.9 Å². The average molecular weight is 447 g/mol. The molecule has 0 aliphatic rings. The standard InChI is InChI=1S/C23H34N4O3S/c1-5-25-23(26-15-19-7-6-8-21(14-19)31(24,28)29)27-16-20-10-9-18(4)13-22(20)30-12-11-17(2)3/h6-10,13-14,17H,5,11-12,15-16H2,1-4H3,(H2,24,28,29)(H2,25,26,27). The molecule has 0 saturated carbocycles. The third-order valence-electron chi connectivity index (χ3n) is 4.61. The lowest BCUT2D eigenvalue weighted by molar-refractivity contribution is 0.286. The second kappa shape index (κ2) is 11.7. The lowest BCUT2D eigenvalue weighted by Crippen LogP contribution is -2.36. The maximum Gasteiger partial charge on any atom is 0.238 e. The third kappa shape index (κ3) is 8.59. The number of hydrogen-bond donors (Lipinski definition) is 3. The van der Waals surface area contributed by atoms with Crippen LogP contribution in [0, 0.1) is 12.8 Å². The molecule has 4 N–H and O–H groups in total. The lowest BCUT2D eigenvalue weighted by atomic mass is 10.1. The van der Waals surface area contributed by atoms with E-state index < -0.39 is 10.0 Å². The number of sulfonamides is 1. The maximum absolute atomic E-state index is 11.6. The molecule has 170 valence electrons. The number of guanidine groups is 1. The van der Waals surface area contributed by atoms with Gasteiger partial charge in [0, 0.05) is 18.7 Å². The van der Waals surface area contributed by atoms with Crippen LogP contribution in [0.4, 0.5) is 0 Å². The molecule has 0 amide bonds. The van der Waals surface area contributed by atoms with Gasteiger partial charge < -0.3 is 15.4 Å². The molecule has 0 atom stereocenters. The molecule has 0 bridgehead atoms. The first kappa shape index (κ1) is 24.7. The van der Waals surface area contributed by atoms with Gasteiger partial charge in [-0.2, -0.15) is 0 Å². The Labute approximate surface area is 186 Å². The van der Waals surface area contributed by atoms with Crippen molar-refractivity contribution in [3.05, 3.63) is 59.2 Å². The predicted molar refractivity (Wildman–Crippen MR) is 126 cm³/mol. The Kier molecular flexibility index (Phi) is 9.33. The van der Waals surface area contributed by atoms with E-state index in [0.29, 0.717) is 38.1 Å². The molecule has 2 aromatic rings. The van der Waals surface area contributed by atoms with Gasteiger partial charge in [-0.15, -0.1) is 0 Å². The molecule has 0 heterocycles. The lowest BCUT2D eigenvalue weighted by Gasteiger charge is -2.16. The van der Waals surface area contributed by atoms with Crippen molar-refractivity contribution in [3.63, 3.8) is 0 Å². The first-order chi connectivity index (χ1) is 14.7. The van der Waals surface area contributed by atoms with E-state index in [2.05, 4.69) is 47.7 Å². The SMILES string of the molecule is CCNC(=NCc1cccc(S(N)(=O)=O)c1)NCc1ccc(C)cc1OCCC(C)C. The predicted octanol–water partition coefficient (Wildman–Crippen LogP) is 3.32. The number of ether oxygens (including phenoxy) is 1. The van der Waals surface area contributed by atoms with E-state index >= 15 is 0 Å². The second-order valence-corrected chi connectivity index (χ2v) is 9.44. The van der Waals surface area contributed by atoms with Crippen molar-refractivity contribution in [1.82, 2.24) is 10.6 Å². The average Bonchev–Trinajstić information content (AvgIpc) is 2.70. The molecule has 8 heteroatoms. The van der Waals surface area contributed by atoms with Crippen LogP contribution < -0.4 is 20.5 Å². The Bertz CT molecular complexity index is 988. The fourth-order valence-corrected chi connectivity index (χ4v) is 3.44. The fraction of sp³-hybridized carbons (Fsp3) is 0.435. The zero-order valence-corrected chi connectivity index (χ0v) is 19.6. The van der Waals surface area contributed by atoms with Crippen LogP contribution in [0.25, 0.3) is 0 Å². The Hall–Kier alpha value is -2.58. The number of nitrogens with one attached hydrogen (secondary N) is 2. The van der Waals surface area contributed by atoms with Crippen molar-refractivity contribution >= 4 is 16.0 Å². The highest BCUT2D eigenvalue weighted by atomic mass is 32.2. The second-order valence-electron chi connectivity index (χ2n) is 7.88. The highest BCUT2D eigenvalue weighted by Crippen LogP contribution is 2.21. The van der Waals surface area contributed by atoms with Crippen molar-refractivity contribution in [2.45, 2.75) is 52.1 Å². The van der Waals surface area contributed by atoms with Crippen molar-refractivity contribution in [2.24, 2.45) is 16.0 Å². The van der Waals surface area contributed by atoms with Gasteiger partial charge >= 0.3 is 0 Å². The van der Waals surface area contributed by atoms with E-state index in [1.54, 1.807) is 12.1 Å². The molecule has 0 saturated heterocycles. The summed E-state index contributed by atoms with van der Waals surface area (Å²) in [4.78, 5) is 4.66. The van der Waals surface area contributed by atoms with Gasteiger partial charge in [-0.3, -0.25) is 0 Å². The summed E-state index contributed by atoms with van der Waals surface area (Å²) >= 11 is 0. The molecule has 0 aromatic heterocycles. The number of benzene rings is 2. The van der Waals surface area contributed by atoms with Gasteiger partial charge in [0.15, 0.2) is 5.96 Å². The van der Waals surface area contributed by atoms with Gasteiger partial charge in [0.2, 0.25) is 10.0 Å². The number of nitrogens with two attached hydrogens (primary N) is 1. The van der Waals surface area contributed by atoms with Gasteiger partial charge in [0.1, 0.15) is 5.75 Å². The molecule has 0 unspecified atom stereocenters. The molecular weight excluding hydrogens is 412 g/mol. The molecule has 0 spiro atoms. The number of hydrogen-bond acceptors (Lipinski definition) is 4. The normalized spacial score (nSPS) is 12.1. The summed E-state index contributed by atoms with van der Waals surface area (Å²) in [6, 6.07) is 12.7. The molecule has 31 heavy (non-hydrogen) atoms. The Balaban J connectivity index is 2.09. The first-order valence-electron chi connectivity index (χ1n) is 10.5. The third-order valence-corrected chi connectivity index (χ3v) is 5.52. The summed E-state index contributed by atoms with van der Waals surface area (Å²) in [5.41, 5.74) is 2.96. The van der Waals surface area contributed by atoms with Gasteiger partial charge in [-0.1, -0.05) is 38.1 Å². The van der Waals surface area contributed by atoms with Crippen LogP contribution in [-0.4, -0.2) is 27.5 Å². The number of nitrogens with zero attached hydrogens (tertiary/aromatic N) is 1. The summed E-state index contributed by atoms with van der Waals surface area (Å²) in [6.07, 6.45) is 1.00. The first-order valence-corrected chi connectivity index (χ1v) is 12.1. The maximum atomic E-state index is 11.6. The highest BCUT2D eigenvalue weighted by Gasteiger charge is 2.09. The quantitative estimate of drug-likeness (QED) is 0.383. The number of rotatable bonds is 10. The topological polar surface area (TPSA) is 106 Å². The van der Waals surface area contributed by atoms with Crippen LogP contribution in [0.5, 0.6) is 5.75 Å². The smallest absolute Gasteiger partial charge is 0.238 e. The molecule has 2 aromatic carbocycles. The molecule has 7 nitrogen and oxygen atoms in total. The number of primary sulfonamides is 1. The largest absolute Gasteiger partial charge is 0.493 e. The summed E-state index contributed by atoms with van der Waals surface area (Å²) < 4.78 is 29.1. The van der Waals surface area contributed by atoms with E-state index in [1.165, 1.54) is 6.07 Å². The fourth-order valence-electron chi connectivity index (χ4n) is 2.86. The zero-order chi connectivity index (χ0) is 22.9. The van der Waals surface area contributed by atoms with Gasteiger partial charge in [0.25, 0.3) is 0 Å². The minimum Gasteiger partial charge on any atom is -0.493 e. The Morgan fingerprint density at radius 3 is 2.61 bits per heavy atom. The Morgan fingerprint density at radius 1 is 1.16 bits per heavy atom. The van der Waals surface area contributed by atoms with Gasteiger partial charge in [-0.25, -0.2) is 18.5 Å². The van der Waals surface area contributed by atoms with Crippen molar-refractivity contribution in [2.75, 3.05) is 13.2 Å². The van der Waals surface area contributed by atoms with Crippen LogP contribution >= 0.6 is 0 Å². The molecule has 0 radical (unpaired) electrons. The minimum atomic E-state index is -3.74. The van der Waals surface area contributed by atoms with Gasteiger partial charge in [0.05, 0.1) is 18.0 Å². The van der Waals surface area contributed by atoms with Crippen molar-refractivity contribution in [3.8, 4) is 5.75 Å². The molecule has 0 fully saturated rings. The molecule has 2 rings (SSSR count). The van der Waals surface area contributed by atoms with E-state index in [4.69, 9.17) is 9.88 Å². The zero-order valence-electron chi connectivity index (χ0n) is 18.8. The van der Waals surface area contributed by atoms with Crippen molar-refractivity contribution in [1.29, 1.82) is 0 Å². The van der Waals surface area contributed by atoms with E-state index in [0.717, 1.165) is 28.9 Å². The van der Waals surface area contributed by atoms with E-state index in [9.17, 15) is 8.42 Å². The van der Waals surface area contributed by atoms with Crippen molar-refractivity contribution < 1.29 is 13.2 Å². The van der Waals surface area contributed by atoms with Crippen LogP contribution in [0.1, 0.15) is 43.9 Å². The van der Waals surface area contributed by atoms with Crippen LogP contribution in [-0.2, 0) is 23.1 Å². The molecule has 0 aliphatic heterocycles. The summed E-state index contributed by atoms with van der Waals surface area (Å²) in [5, 5.41) is 11.8. The monoisotopic (exact) mass is 446 g/mol. The Morgan fingerprint density at radius 2 is 1.94 bits per heavy atom.